The summed E-state index contributed by atoms with van der Waals surface area (Å²) in [5.74, 6) is -0.441. The molecule has 0 saturated carbocycles. The van der Waals surface area contributed by atoms with Gasteiger partial charge in [-0.2, -0.15) is 26.3 Å². The van der Waals surface area contributed by atoms with Crippen LogP contribution in [0, 0.1) is 6.92 Å². The molecule has 1 rings (SSSR count). The number of hydrogen-bond acceptors (Lipinski definition) is 2. The lowest BCUT2D eigenvalue weighted by molar-refractivity contribution is -0.397. The topological polar surface area (TPSA) is 18.5 Å². The smallest absolute Gasteiger partial charge is 0.431 e. The summed E-state index contributed by atoms with van der Waals surface area (Å²) in [6, 6.07) is 2.41. The highest BCUT2D eigenvalue weighted by molar-refractivity contribution is 5.52. The average molecular weight is 414 g/mol. The molecule has 0 atom stereocenters. The summed E-state index contributed by atoms with van der Waals surface area (Å²) in [6.07, 6.45) is -13.5. The van der Waals surface area contributed by atoms with Crippen LogP contribution in [0.3, 0.4) is 0 Å². The van der Waals surface area contributed by atoms with Gasteiger partial charge in [0, 0.05) is 11.1 Å². The Kier molecular flexibility index (Phi) is 6.82. The molecule has 0 spiro atoms. The maximum atomic E-state index is 14.1. The Morgan fingerprint density at radius 3 is 1.50 bits per heavy atom. The van der Waals surface area contributed by atoms with E-state index in [9.17, 15) is 26.3 Å². The van der Waals surface area contributed by atoms with Crippen molar-refractivity contribution in [2.45, 2.75) is 91.0 Å². The van der Waals surface area contributed by atoms with Crippen molar-refractivity contribution >= 4 is 0 Å². The van der Waals surface area contributed by atoms with E-state index in [2.05, 4.69) is 4.74 Å². The average Bonchev–Trinajstić information content (AvgIpc) is 2.41. The van der Waals surface area contributed by atoms with Crippen LogP contribution in [0.1, 0.15) is 65.2 Å². The van der Waals surface area contributed by atoms with E-state index in [1.165, 1.54) is 6.92 Å². The fourth-order valence-corrected chi connectivity index (χ4v) is 2.97. The molecule has 8 heteroatoms. The highest BCUT2D eigenvalue weighted by atomic mass is 19.4. The normalized spacial score (nSPS) is 14.1. The lowest BCUT2D eigenvalue weighted by Gasteiger charge is -2.41. The van der Waals surface area contributed by atoms with E-state index < -0.39 is 46.9 Å². The molecule has 0 aromatic heterocycles. The molecule has 0 bridgehead atoms. The summed E-state index contributed by atoms with van der Waals surface area (Å²) in [4.78, 5) is 0. The Hall–Kier alpha value is -1.44. The highest BCUT2D eigenvalue weighted by Crippen LogP contribution is 2.57. The van der Waals surface area contributed by atoms with Gasteiger partial charge < -0.3 is 9.47 Å². The molecule has 1 aromatic rings. The van der Waals surface area contributed by atoms with E-state index in [0.29, 0.717) is 0 Å². The van der Waals surface area contributed by atoms with Crippen molar-refractivity contribution in [2.75, 3.05) is 0 Å². The summed E-state index contributed by atoms with van der Waals surface area (Å²) in [5.41, 5.74) is -5.83. The minimum absolute atomic E-state index is 0.251. The van der Waals surface area contributed by atoms with Crippen LogP contribution in [0.4, 0.5) is 26.3 Å². The second-order valence-electron chi connectivity index (χ2n) is 8.45. The largest absolute Gasteiger partial charge is 0.490 e. The van der Waals surface area contributed by atoms with E-state index in [1.807, 2.05) is 0 Å². The molecule has 2 nitrogen and oxygen atoms in total. The lowest BCUT2D eigenvalue weighted by atomic mass is 9.80. The molecule has 28 heavy (non-hydrogen) atoms. The first-order valence-corrected chi connectivity index (χ1v) is 8.98. The Morgan fingerprint density at radius 1 is 0.750 bits per heavy atom. The molecule has 0 saturated heterocycles. The van der Waals surface area contributed by atoms with Crippen LogP contribution in [0.2, 0.25) is 0 Å². The molecular weight excluding hydrogens is 386 g/mol. The summed E-state index contributed by atoms with van der Waals surface area (Å²) >= 11 is 0. The summed E-state index contributed by atoms with van der Waals surface area (Å²) in [6.45, 7) is 11.9. The zero-order chi connectivity index (χ0) is 22.3. The van der Waals surface area contributed by atoms with Crippen molar-refractivity contribution in [1.82, 2.24) is 0 Å². The minimum atomic E-state index is -5.76. The van der Waals surface area contributed by atoms with E-state index in [4.69, 9.17) is 4.74 Å². The Morgan fingerprint density at radius 2 is 1.18 bits per heavy atom. The van der Waals surface area contributed by atoms with E-state index in [-0.39, 0.29) is 11.1 Å². The van der Waals surface area contributed by atoms with Crippen LogP contribution in [0.15, 0.2) is 12.1 Å². The monoisotopic (exact) mass is 414 g/mol. The van der Waals surface area contributed by atoms with E-state index in [1.54, 1.807) is 40.7 Å². The number of halogens is 6. The Balaban J connectivity index is 4.15. The molecule has 0 unspecified atom stereocenters. The van der Waals surface area contributed by atoms with Gasteiger partial charge in [-0.25, -0.2) is 0 Å². The SMILES string of the molecule is Cc1cc(C(C)(C)C)c(OC(C)C)c(C(OC(C)C)(C(F)(F)F)C(F)(F)F)c1. The fraction of sp³-hybridized carbons (Fsp3) is 0.700. The molecule has 1 aromatic carbocycles. The third kappa shape index (κ3) is 4.75. The molecule has 0 aliphatic carbocycles. The second kappa shape index (κ2) is 7.76. The van der Waals surface area contributed by atoms with Gasteiger partial charge in [-0.1, -0.05) is 32.4 Å². The standard InChI is InChI=1S/C20H28F6O2/c1-11(2)27-16-14(17(6,7)8)9-13(5)10-15(16)18(19(21,22)23,20(24,25)26)28-12(3)4/h9-12H,1-8H3. The Labute approximate surface area is 162 Å². The predicted octanol–water partition coefficient (Wildman–Crippen LogP) is 6.82. The van der Waals surface area contributed by atoms with E-state index >= 15 is 0 Å². The molecule has 0 N–H and O–H groups in total. The van der Waals surface area contributed by atoms with Gasteiger partial charge in [0.25, 0.3) is 5.60 Å². The van der Waals surface area contributed by atoms with Crippen LogP contribution in [-0.4, -0.2) is 24.6 Å². The van der Waals surface area contributed by atoms with Gasteiger partial charge in [0.2, 0.25) is 0 Å². The van der Waals surface area contributed by atoms with Crippen LogP contribution >= 0.6 is 0 Å². The number of benzene rings is 1. The maximum Gasteiger partial charge on any atom is 0.431 e. The van der Waals surface area contributed by atoms with Crippen molar-refractivity contribution < 1.29 is 35.8 Å². The zero-order valence-corrected chi connectivity index (χ0v) is 17.4. The van der Waals surface area contributed by atoms with Crippen LogP contribution < -0.4 is 4.74 Å². The minimum Gasteiger partial charge on any atom is -0.490 e. The molecule has 162 valence electrons. The van der Waals surface area contributed by atoms with Crippen molar-refractivity contribution in [2.24, 2.45) is 0 Å². The van der Waals surface area contributed by atoms with Gasteiger partial charge in [0.05, 0.1) is 12.2 Å². The quantitative estimate of drug-likeness (QED) is 0.492. The van der Waals surface area contributed by atoms with Crippen LogP contribution in [0.5, 0.6) is 5.75 Å². The van der Waals surface area contributed by atoms with Crippen molar-refractivity contribution in [3.05, 3.63) is 28.8 Å². The van der Waals surface area contributed by atoms with Crippen molar-refractivity contribution in [3.8, 4) is 5.75 Å². The number of rotatable bonds is 5. The van der Waals surface area contributed by atoms with Gasteiger partial charge in [-0.05, 0) is 46.1 Å². The highest BCUT2D eigenvalue weighted by Gasteiger charge is 2.74. The molecule has 0 aliphatic rings. The maximum absolute atomic E-state index is 14.1. The van der Waals surface area contributed by atoms with Gasteiger partial charge in [0.15, 0.2) is 0 Å². The van der Waals surface area contributed by atoms with E-state index in [0.717, 1.165) is 19.9 Å². The third-order valence-electron chi connectivity index (χ3n) is 3.99. The molecular formula is C20H28F6O2. The third-order valence-corrected chi connectivity index (χ3v) is 3.99. The van der Waals surface area contributed by atoms with Crippen LogP contribution in [0.25, 0.3) is 0 Å². The summed E-state index contributed by atoms with van der Waals surface area (Å²) < 4.78 is 94.8. The number of aryl methyl sites for hydroxylation is 1. The zero-order valence-electron chi connectivity index (χ0n) is 17.4. The first kappa shape index (κ1) is 24.6. The lowest BCUT2D eigenvalue weighted by Crippen LogP contribution is -2.57. The molecule has 0 heterocycles. The van der Waals surface area contributed by atoms with Crippen molar-refractivity contribution in [3.63, 3.8) is 0 Å². The molecule has 0 aliphatic heterocycles. The fourth-order valence-electron chi connectivity index (χ4n) is 2.97. The predicted molar refractivity (Wildman–Crippen MR) is 95.7 cm³/mol. The van der Waals surface area contributed by atoms with Gasteiger partial charge in [-0.3, -0.25) is 0 Å². The Bertz CT molecular complexity index is 668. The van der Waals surface area contributed by atoms with Crippen molar-refractivity contribution in [1.29, 1.82) is 0 Å². The number of alkyl halides is 6. The molecule has 0 amide bonds. The molecule has 0 radical (unpaired) electrons. The first-order chi connectivity index (χ1) is 12.3. The van der Waals surface area contributed by atoms with Gasteiger partial charge in [-0.15, -0.1) is 0 Å². The van der Waals surface area contributed by atoms with Gasteiger partial charge in [0.1, 0.15) is 5.75 Å². The molecule has 0 fully saturated rings. The summed E-state index contributed by atoms with van der Waals surface area (Å²) in [5, 5.41) is 0. The van der Waals surface area contributed by atoms with Crippen LogP contribution in [-0.2, 0) is 15.8 Å². The van der Waals surface area contributed by atoms with Gasteiger partial charge >= 0.3 is 12.4 Å². The number of hydrogen-bond donors (Lipinski definition) is 0. The summed E-state index contributed by atoms with van der Waals surface area (Å²) in [7, 11) is 0. The number of ether oxygens (including phenoxy) is 2. The second-order valence-corrected chi connectivity index (χ2v) is 8.45. The first-order valence-electron chi connectivity index (χ1n) is 8.98.